The lowest BCUT2D eigenvalue weighted by atomic mass is 9.50. The third-order valence-corrected chi connectivity index (χ3v) is 7.09. The summed E-state index contributed by atoms with van der Waals surface area (Å²) in [6.45, 7) is 4.71. The molecule has 5 rings (SSSR count). The number of aliphatic carboxylic acids is 1. The highest BCUT2D eigenvalue weighted by Gasteiger charge is 2.55. The Balaban J connectivity index is 1.49. The van der Waals surface area contributed by atoms with E-state index >= 15 is 0 Å². The summed E-state index contributed by atoms with van der Waals surface area (Å²) in [5, 5.41) is 8.83. The summed E-state index contributed by atoms with van der Waals surface area (Å²) in [7, 11) is 6.19. The van der Waals surface area contributed by atoms with Crippen LogP contribution in [0.5, 0.6) is 0 Å². The topological polar surface area (TPSA) is 37.3 Å². The van der Waals surface area contributed by atoms with E-state index in [0.717, 1.165) is 24.7 Å². The molecule has 0 unspecified atom stereocenters. The largest absolute Gasteiger partial charge is 0.481 e. The van der Waals surface area contributed by atoms with E-state index in [1.807, 2.05) is 6.07 Å². The summed E-state index contributed by atoms with van der Waals surface area (Å²) in [5.74, 6) is -0.731. The first-order valence-corrected chi connectivity index (χ1v) is 11.1. The molecule has 2 nitrogen and oxygen atoms in total. The minimum Gasteiger partial charge on any atom is -0.481 e. The Hall–Kier alpha value is -2.81. The molecule has 2 radical (unpaired) electrons. The van der Waals surface area contributed by atoms with Gasteiger partial charge in [0.25, 0.3) is 0 Å². The standard InChI is InChI=1S/C28H27BO2/c1-27(2)16-28(17-27)24-14-20(10-12-22(24)23-13-11-21(29)15-25(23)28)19-8-6-18(7-9-19)4-3-5-26(30)31/h6-15H,3-5,16-17H2,1-2H3,(H,30,31). The molecule has 3 aromatic carbocycles. The summed E-state index contributed by atoms with van der Waals surface area (Å²) in [6.07, 6.45) is 3.99. The van der Waals surface area contributed by atoms with Gasteiger partial charge in [-0.15, -0.1) is 0 Å². The Morgan fingerprint density at radius 3 is 2.16 bits per heavy atom. The summed E-state index contributed by atoms with van der Waals surface area (Å²) < 4.78 is 0. The van der Waals surface area contributed by atoms with Crippen molar-refractivity contribution in [3.8, 4) is 22.3 Å². The molecule has 1 spiro atoms. The zero-order valence-electron chi connectivity index (χ0n) is 18.2. The molecule has 3 heteroatoms. The van der Waals surface area contributed by atoms with Gasteiger partial charge in [0.2, 0.25) is 0 Å². The molecule has 0 saturated heterocycles. The highest BCUT2D eigenvalue weighted by Crippen LogP contribution is 2.65. The van der Waals surface area contributed by atoms with E-state index in [4.69, 9.17) is 13.0 Å². The van der Waals surface area contributed by atoms with E-state index in [0.29, 0.717) is 11.8 Å². The van der Waals surface area contributed by atoms with Gasteiger partial charge in [0, 0.05) is 11.8 Å². The van der Waals surface area contributed by atoms with E-state index in [2.05, 4.69) is 68.4 Å². The molecule has 3 aromatic rings. The molecule has 1 fully saturated rings. The van der Waals surface area contributed by atoms with E-state index < -0.39 is 5.97 Å². The smallest absolute Gasteiger partial charge is 0.303 e. The van der Waals surface area contributed by atoms with Gasteiger partial charge < -0.3 is 5.11 Å². The number of hydrogen-bond acceptors (Lipinski definition) is 1. The van der Waals surface area contributed by atoms with Crippen molar-refractivity contribution in [2.45, 2.75) is 51.4 Å². The van der Waals surface area contributed by atoms with Gasteiger partial charge in [0.1, 0.15) is 7.85 Å². The first-order chi connectivity index (χ1) is 14.8. The van der Waals surface area contributed by atoms with Crippen molar-refractivity contribution in [1.82, 2.24) is 0 Å². The van der Waals surface area contributed by atoms with Gasteiger partial charge in [-0.2, -0.15) is 0 Å². The SMILES string of the molecule is [B]c1ccc2c(c1)C1(CC(C)(C)C1)c1cc(-c3ccc(CCCC(=O)O)cc3)ccc1-2. The molecule has 0 bridgehead atoms. The van der Waals surface area contributed by atoms with Crippen LogP contribution in [0, 0.1) is 5.41 Å². The molecule has 2 aliphatic rings. The third kappa shape index (κ3) is 3.41. The maximum Gasteiger partial charge on any atom is 0.303 e. The van der Waals surface area contributed by atoms with Crippen molar-refractivity contribution in [3.63, 3.8) is 0 Å². The van der Waals surface area contributed by atoms with Crippen LogP contribution >= 0.6 is 0 Å². The van der Waals surface area contributed by atoms with E-state index in [1.54, 1.807) is 0 Å². The van der Waals surface area contributed by atoms with Gasteiger partial charge in [-0.25, -0.2) is 0 Å². The molecule has 0 aliphatic heterocycles. The fourth-order valence-electron chi connectivity index (χ4n) is 5.96. The van der Waals surface area contributed by atoms with Crippen molar-refractivity contribution in [2.24, 2.45) is 5.41 Å². The number of carboxylic acid groups (broad SMARTS) is 1. The van der Waals surface area contributed by atoms with Crippen molar-refractivity contribution >= 4 is 19.3 Å². The molecule has 1 N–H and O–H groups in total. The minimum atomic E-state index is -0.731. The molecular weight excluding hydrogens is 379 g/mol. The lowest BCUT2D eigenvalue weighted by Crippen LogP contribution is -2.46. The summed E-state index contributed by atoms with van der Waals surface area (Å²) in [4.78, 5) is 10.7. The van der Waals surface area contributed by atoms with Crippen LogP contribution < -0.4 is 5.46 Å². The fraction of sp³-hybridized carbons (Fsp3) is 0.321. The summed E-state index contributed by atoms with van der Waals surface area (Å²) in [6, 6.07) is 21.9. The van der Waals surface area contributed by atoms with Crippen LogP contribution in [-0.4, -0.2) is 18.9 Å². The number of benzene rings is 3. The van der Waals surface area contributed by atoms with Crippen molar-refractivity contribution in [3.05, 3.63) is 77.4 Å². The zero-order valence-corrected chi connectivity index (χ0v) is 18.2. The molecule has 31 heavy (non-hydrogen) atoms. The predicted molar refractivity (Wildman–Crippen MR) is 127 cm³/mol. The monoisotopic (exact) mass is 406 g/mol. The molecule has 0 aromatic heterocycles. The molecule has 154 valence electrons. The molecule has 2 aliphatic carbocycles. The molecule has 0 atom stereocenters. The number of hydrogen-bond donors (Lipinski definition) is 1. The van der Waals surface area contributed by atoms with E-state index in [1.165, 1.54) is 38.9 Å². The van der Waals surface area contributed by atoms with E-state index in [-0.39, 0.29) is 11.8 Å². The Kier molecular flexibility index (Phi) is 4.62. The number of rotatable bonds is 5. The Labute approximate surface area is 185 Å². The molecule has 1 saturated carbocycles. The molecular formula is C28H27BO2. The Morgan fingerprint density at radius 1 is 0.903 bits per heavy atom. The van der Waals surface area contributed by atoms with Gasteiger partial charge in [-0.3, -0.25) is 4.79 Å². The van der Waals surface area contributed by atoms with Gasteiger partial charge >= 0.3 is 5.97 Å². The van der Waals surface area contributed by atoms with Crippen molar-refractivity contribution < 1.29 is 9.90 Å². The molecule has 0 heterocycles. The highest BCUT2D eigenvalue weighted by atomic mass is 16.4. The van der Waals surface area contributed by atoms with Crippen molar-refractivity contribution in [1.29, 1.82) is 0 Å². The second-order valence-corrected chi connectivity index (χ2v) is 10.1. The van der Waals surface area contributed by atoms with Gasteiger partial charge in [0.15, 0.2) is 0 Å². The summed E-state index contributed by atoms with van der Waals surface area (Å²) in [5.41, 5.74) is 10.4. The first kappa shape index (κ1) is 20.1. The highest BCUT2D eigenvalue weighted by molar-refractivity contribution is 6.32. The number of carbonyl (C=O) groups is 1. The van der Waals surface area contributed by atoms with Crippen molar-refractivity contribution in [2.75, 3.05) is 0 Å². The number of fused-ring (bicyclic) bond motifs is 5. The average Bonchev–Trinajstić information content (AvgIpc) is 2.97. The van der Waals surface area contributed by atoms with Gasteiger partial charge in [0.05, 0.1) is 0 Å². The maximum atomic E-state index is 10.7. The van der Waals surface area contributed by atoms with Crippen LogP contribution in [-0.2, 0) is 16.6 Å². The lowest BCUT2D eigenvalue weighted by Gasteiger charge is -2.53. The first-order valence-electron chi connectivity index (χ1n) is 11.1. The van der Waals surface area contributed by atoms with Crippen LogP contribution in [0.1, 0.15) is 56.2 Å². The van der Waals surface area contributed by atoms with Crippen LogP contribution in [0.2, 0.25) is 0 Å². The van der Waals surface area contributed by atoms with Gasteiger partial charge in [-0.1, -0.05) is 73.9 Å². The zero-order chi connectivity index (χ0) is 21.8. The van der Waals surface area contributed by atoms with Crippen LogP contribution in [0.3, 0.4) is 0 Å². The lowest BCUT2D eigenvalue weighted by molar-refractivity contribution is -0.137. The van der Waals surface area contributed by atoms with Gasteiger partial charge in [-0.05, 0) is 76.1 Å². The van der Waals surface area contributed by atoms with E-state index in [9.17, 15) is 4.79 Å². The Bertz CT molecular complexity index is 1170. The minimum absolute atomic E-state index is 0.0797. The maximum absolute atomic E-state index is 10.7. The quantitative estimate of drug-likeness (QED) is 0.557. The van der Waals surface area contributed by atoms with Crippen LogP contribution in [0.25, 0.3) is 22.3 Å². The average molecular weight is 406 g/mol. The second kappa shape index (κ2) is 7.12. The Morgan fingerprint density at radius 2 is 1.52 bits per heavy atom. The number of aryl methyl sites for hydroxylation is 1. The van der Waals surface area contributed by atoms with Crippen LogP contribution in [0.4, 0.5) is 0 Å². The third-order valence-electron chi connectivity index (χ3n) is 7.09. The molecule has 0 amide bonds. The number of carboxylic acids is 1. The predicted octanol–water partition coefficient (Wildman–Crippen LogP) is 5.64. The second-order valence-electron chi connectivity index (χ2n) is 10.1. The summed E-state index contributed by atoms with van der Waals surface area (Å²) >= 11 is 0. The normalized spacial score (nSPS) is 17.1. The van der Waals surface area contributed by atoms with Crippen LogP contribution in [0.15, 0.2) is 60.7 Å². The fourth-order valence-corrected chi connectivity index (χ4v) is 5.96.